The Morgan fingerprint density at radius 2 is 1.86 bits per heavy atom. The minimum Gasteiger partial charge on any atom is -0.368 e. The molecule has 0 unspecified atom stereocenters. The molecule has 0 aromatic rings. The molecular weight excluding hydrogens is 94.0 g/mol. The van der Waals surface area contributed by atoms with Gasteiger partial charge in [-0.3, -0.25) is 0 Å². The van der Waals surface area contributed by atoms with Gasteiger partial charge in [0.1, 0.15) is 0 Å². The van der Waals surface area contributed by atoms with E-state index >= 15 is 0 Å². The molecule has 0 heterocycles. The minimum absolute atomic E-state index is 0. The van der Waals surface area contributed by atoms with Crippen LogP contribution in [0.15, 0.2) is 0 Å². The summed E-state index contributed by atoms with van der Waals surface area (Å²) in [7, 11) is 0. The summed E-state index contributed by atoms with van der Waals surface area (Å²) in [5, 5.41) is 16.2. The maximum Gasteiger partial charge on any atom is 0.151 e. The maximum absolute atomic E-state index is 8.11. The molecular formula is C4H13NO2. The highest BCUT2D eigenvalue weighted by Crippen LogP contribution is 1.88. The maximum atomic E-state index is 8.11. The lowest BCUT2D eigenvalue weighted by molar-refractivity contribution is -0.0453. The molecule has 7 heavy (non-hydrogen) atoms. The lowest BCUT2D eigenvalue weighted by Crippen LogP contribution is -2.01. The monoisotopic (exact) mass is 107 g/mol. The van der Waals surface area contributed by atoms with E-state index in [4.69, 9.17) is 10.2 Å². The molecule has 0 radical (unpaired) electrons. The van der Waals surface area contributed by atoms with Crippen LogP contribution in [-0.4, -0.2) is 16.5 Å². The van der Waals surface area contributed by atoms with Crippen LogP contribution >= 0.6 is 0 Å². The summed E-state index contributed by atoms with van der Waals surface area (Å²) in [5.41, 5.74) is 0. The third kappa shape index (κ3) is 10.7. The van der Waals surface area contributed by atoms with E-state index in [1.807, 2.05) is 6.92 Å². The molecule has 0 aliphatic heterocycles. The van der Waals surface area contributed by atoms with Gasteiger partial charge in [-0.05, 0) is 6.42 Å². The zero-order valence-electron chi connectivity index (χ0n) is 4.59. The average Bonchev–Trinajstić information content (AvgIpc) is 1.35. The van der Waals surface area contributed by atoms with Crippen molar-refractivity contribution in [3.63, 3.8) is 0 Å². The van der Waals surface area contributed by atoms with Crippen LogP contribution in [0.4, 0.5) is 0 Å². The summed E-state index contributed by atoms with van der Waals surface area (Å²) in [6, 6.07) is 0. The van der Waals surface area contributed by atoms with E-state index in [0.717, 1.165) is 6.42 Å². The fourth-order valence-electron chi connectivity index (χ4n) is 0.258. The summed E-state index contributed by atoms with van der Waals surface area (Å²) < 4.78 is 0. The topological polar surface area (TPSA) is 75.5 Å². The van der Waals surface area contributed by atoms with Gasteiger partial charge in [0.25, 0.3) is 0 Å². The van der Waals surface area contributed by atoms with Crippen molar-refractivity contribution in [1.29, 1.82) is 0 Å². The zero-order valence-corrected chi connectivity index (χ0v) is 4.59. The quantitative estimate of drug-likeness (QED) is 0.443. The molecule has 3 heteroatoms. The molecule has 0 aliphatic carbocycles. The molecule has 0 spiro atoms. The number of rotatable bonds is 2. The van der Waals surface area contributed by atoms with Crippen LogP contribution in [0.5, 0.6) is 0 Å². The summed E-state index contributed by atoms with van der Waals surface area (Å²) in [6.45, 7) is 1.90. The van der Waals surface area contributed by atoms with Crippen molar-refractivity contribution >= 4 is 0 Å². The Morgan fingerprint density at radius 3 is 1.86 bits per heavy atom. The van der Waals surface area contributed by atoms with Gasteiger partial charge in [0.2, 0.25) is 0 Å². The van der Waals surface area contributed by atoms with Crippen LogP contribution in [0.25, 0.3) is 0 Å². The first-order valence-corrected chi connectivity index (χ1v) is 2.13. The standard InChI is InChI=1S/C4H10O2.H3N/c1-2-3-4(5)6;/h4-6H,2-3H2,1H3;1H3. The van der Waals surface area contributed by atoms with Crippen LogP contribution in [0.2, 0.25) is 0 Å². The Kier molecular flexibility index (Phi) is 8.39. The highest BCUT2D eigenvalue weighted by molar-refractivity contribution is 4.31. The van der Waals surface area contributed by atoms with Gasteiger partial charge in [0, 0.05) is 0 Å². The summed E-state index contributed by atoms with van der Waals surface area (Å²) >= 11 is 0. The molecule has 0 rings (SSSR count). The van der Waals surface area contributed by atoms with Crippen LogP contribution < -0.4 is 6.15 Å². The van der Waals surface area contributed by atoms with Crippen molar-refractivity contribution in [2.75, 3.05) is 0 Å². The lowest BCUT2D eigenvalue weighted by atomic mass is 10.3. The fourth-order valence-corrected chi connectivity index (χ4v) is 0.258. The van der Waals surface area contributed by atoms with Gasteiger partial charge in [-0.1, -0.05) is 13.3 Å². The highest BCUT2D eigenvalue weighted by Gasteiger charge is 1.89. The van der Waals surface area contributed by atoms with Crippen molar-refractivity contribution in [3.8, 4) is 0 Å². The molecule has 46 valence electrons. The van der Waals surface area contributed by atoms with E-state index in [0.29, 0.717) is 6.42 Å². The van der Waals surface area contributed by atoms with Gasteiger partial charge in [0.15, 0.2) is 6.29 Å². The van der Waals surface area contributed by atoms with Gasteiger partial charge in [0.05, 0.1) is 0 Å². The molecule has 5 N–H and O–H groups in total. The predicted octanol–water partition coefficient (Wildman–Crippen LogP) is 0.259. The van der Waals surface area contributed by atoms with E-state index < -0.39 is 6.29 Å². The summed E-state index contributed by atoms with van der Waals surface area (Å²) in [5.74, 6) is 0. The summed E-state index contributed by atoms with van der Waals surface area (Å²) in [6.07, 6.45) is 0.215. The predicted molar refractivity (Wildman–Crippen MR) is 28.2 cm³/mol. The van der Waals surface area contributed by atoms with E-state index in [-0.39, 0.29) is 6.15 Å². The van der Waals surface area contributed by atoms with Gasteiger partial charge < -0.3 is 16.4 Å². The third-order valence-corrected chi connectivity index (χ3v) is 0.547. The van der Waals surface area contributed by atoms with Gasteiger partial charge >= 0.3 is 0 Å². The van der Waals surface area contributed by atoms with Crippen molar-refractivity contribution in [2.45, 2.75) is 26.1 Å². The van der Waals surface area contributed by atoms with Crippen LogP contribution in [0.3, 0.4) is 0 Å². The Labute approximate surface area is 43.6 Å². The van der Waals surface area contributed by atoms with Crippen molar-refractivity contribution < 1.29 is 10.2 Å². The molecule has 3 nitrogen and oxygen atoms in total. The SMILES string of the molecule is CCCC(O)O.N. The molecule has 0 saturated carbocycles. The Balaban J connectivity index is 0. The van der Waals surface area contributed by atoms with Crippen LogP contribution in [-0.2, 0) is 0 Å². The van der Waals surface area contributed by atoms with Gasteiger partial charge in [-0.25, -0.2) is 0 Å². The second-order valence-corrected chi connectivity index (χ2v) is 1.27. The normalized spacial score (nSPS) is 8.57. The Bertz CT molecular complexity index is 30.9. The lowest BCUT2D eigenvalue weighted by Gasteiger charge is -1.94. The third-order valence-electron chi connectivity index (χ3n) is 0.547. The number of aliphatic hydroxyl groups is 2. The Morgan fingerprint density at radius 1 is 1.43 bits per heavy atom. The van der Waals surface area contributed by atoms with Crippen LogP contribution in [0, 0.1) is 0 Å². The van der Waals surface area contributed by atoms with Crippen molar-refractivity contribution in [1.82, 2.24) is 6.15 Å². The average molecular weight is 107 g/mol. The smallest absolute Gasteiger partial charge is 0.151 e. The second kappa shape index (κ2) is 5.88. The molecule has 0 aromatic heterocycles. The number of hydrogen-bond donors (Lipinski definition) is 3. The molecule has 0 bridgehead atoms. The minimum atomic E-state index is -1.10. The van der Waals surface area contributed by atoms with E-state index in [9.17, 15) is 0 Å². The Hall–Kier alpha value is -0.120. The first kappa shape index (κ1) is 9.99. The largest absolute Gasteiger partial charge is 0.368 e. The molecule has 0 amide bonds. The molecule has 0 aliphatic rings. The molecule has 0 saturated heterocycles. The highest BCUT2D eigenvalue weighted by atomic mass is 16.5. The van der Waals surface area contributed by atoms with E-state index in [2.05, 4.69) is 0 Å². The molecule has 0 aromatic carbocycles. The second-order valence-electron chi connectivity index (χ2n) is 1.27. The van der Waals surface area contributed by atoms with Crippen molar-refractivity contribution in [2.24, 2.45) is 0 Å². The van der Waals surface area contributed by atoms with Crippen molar-refractivity contribution in [3.05, 3.63) is 0 Å². The molecule has 0 fully saturated rings. The van der Waals surface area contributed by atoms with E-state index in [1.54, 1.807) is 0 Å². The number of aliphatic hydroxyl groups excluding tert-OH is 1. The zero-order chi connectivity index (χ0) is 4.99. The van der Waals surface area contributed by atoms with Crippen LogP contribution in [0.1, 0.15) is 19.8 Å². The molecule has 0 atom stereocenters. The fraction of sp³-hybridized carbons (Fsp3) is 1.00. The number of hydrogen-bond acceptors (Lipinski definition) is 3. The van der Waals surface area contributed by atoms with Gasteiger partial charge in [-0.15, -0.1) is 0 Å². The first-order chi connectivity index (χ1) is 2.77. The first-order valence-electron chi connectivity index (χ1n) is 2.13. The van der Waals surface area contributed by atoms with Gasteiger partial charge in [-0.2, -0.15) is 0 Å². The summed E-state index contributed by atoms with van der Waals surface area (Å²) in [4.78, 5) is 0. The van der Waals surface area contributed by atoms with E-state index in [1.165, 1.54) is 0 Å².